The van der Waals surface area contributed by atoms with E-state index in [1.807, 2.05) is 30.3 Å². The second-order valence-corrected chi connectivity index (χ2v) is 4.65. The van der Waals surface area contributed by atoms with Crippen LogP contribution in [0.5, 0.6) is 0 Å². The highest BCUT2D eigenvalue weighted by Crippen LogP contribution is 2.13. The van der Waals surface area contributed by atoms with Crippen molar-refractivity contribution in [2.24, 2.45) is 5.73 Å². The summed E-state index contributed by atoms with van der Waals surface area (Å²) < 4.78 is 0. The van der Waals surface area contributed by atoms with Gasteiger partial charge in [-0.3, -0.25) is 4.79 Å². The number of hydrogen-bond acceptors (Lipinski definition) is 4. The molecule has 0 heterocycles. The summed E-state index contributed by atoms with van der Waals surface area (Å²) in [5, 5.41) is 20.9. The molecule has 5 N–H and O–H groups in total. The summed E-state index contributed by atoms with van der Waals surface area (Å²) in [5.74, 6) is -0.250. The molecule has 2 atom stereocenters. The lowest BCUT2D eigenvalue weighted by molar-refractivity contribution is -0.123. The van der Waals surface area contributed by atoms with Crippen molar-refractivity contribution in [2.45, 2.75) is 25.0 Å². The Morgan fingerprint density at radius 2 is 2.06 bits per heavy atom. The Morgan fingerprint density at radius 1 is 1.44 bits per heavy atom. The lowest BCUT2D eigenvalue weighted by Crippen LogP contribution is -2.43. The molecule has 0 saturated carbocycles. The zero-order valence-electron chi connectivity index (χ0n) is 10.5. The molecule has 1 aromatic carbocycles. The molecule has 0 aliphatic heterocycles. The van der Waals surface area contributed by atoms with Crippen molar-refractivity contribution in [3.05, 3.63) is 35.9 Å². The van der Waals surface area contributed by atoms with E-state index in [4.69, 9.17) is 10.8 Å². The number of carbonyl (C=O) groups excluding carboxylic acids is 1. The van der Waals surface area contributed by atoms with Crippen LogP contribution in [0.25, 0.3) is 0 Å². The first-order valence-corrected chi connectivity index (χ1v) is 5.85. The van der Waals surface area contributed by atoms with Crippen molar-refractivity contribution in [3.63, 3.8) is 0 Å². The summed E-state index contributed by atoms with van der Waals surface area (Å²) >= 11 is 0. The first-order valence-electron chi connectivity index (χ1n) is 5.85. The zero-order chi connectivity index (χ0) is 13.6. The van der Waals surface area contributed by atoms with Gasteiger partial charge in [-0.2, -0.15) is 0 Å². The molecule has 18 heavy (non-hydrogen) atoms. The molecule has 5 nitrogen and oxygen atoms in total. The number of hydrogen-bond donors (Lipinski definition) is 4. The van der Waals surface area contributed by atoms with Crippen molar-refractivity contribution in [1.82, 2.24) is 5.32 Å². The fourth-order valence-electron chi connectivity index (χ4n) is 1.43. The highest BCUT2D eigenvalue weighted by Gasteiger charge is 2.20. The second-order valence-electron chi connectivity index (χ2n) is 4.65. The maximum Gasteiger partial charge on any atom is 0.222 e. The quantitative estimate of drug-likeness (QED) is 0.570. The first kappa shape index (κ1) is 14.6. The van der Waals surface area contributed by atoms with E-state index in [2.05, 4.69) is 5.32 Å². The smallest absolute Gasteiger partial charge is 0.222 e. The minimum absolute atomic E-state index is 0.00381. The average Bonchev–Trinajstić information content (AvgIpc) is 2.37. The number of rotatable bonds is 6. The molecular formula is C13H20N2O3. The van der Waals surface area contributed by atoms with Crippen LogP contribution >= 0.6 is 0 Å². The van der Waals surface area contributed by atoms with Crippen molar-refractivity contribution < 1.29 is 15.0 Å². The molecule has 0 radical (unpaired) electrons. The topological polar surface area (TPSA) is 95.6 Å². The van der Waals surface area contributed by atoms with Crippen LogP contribution in [0.15, 0.2) is 30.3 Å². The van der Waals surface area contributed by atoms with Crippen LogP contribution in [0, 0.1) is 0 Å². The van der Waals surface area contributed by atoms with Crippen LogP contribution < -0.4 is 11.1 Å². The van der Waals surface area contributed by atoms with Gasteiger partial charge >= 0.3 is 0 Å². The summed E-state index contributed by atoms with van der Waals surface area (Å²) in [6, 6.07) is 8.97. The molecule has 1 amide bonds. The lowest BCUT2D eigenvalue weighted by atomic mass is 10.0. The van der Waals surface area contributed by atoms with Crippen LogP contribution in [-0.2, 0) is 4.79 Å². The van der Waals surface area contributed by atoms with E-state index in [0.717, 1.165) is 5.56 Å². The molecule has 0 spiro atoms. The molecule has 0 fully saturated rings. The third-order valence-electron chi connectivity index (χ3n) is 2.64. The molecule has 5 heteroatoms. The summed E-state index contributed by atoms with van der Waals surface area (Å²) in [5.41, 5.74) is 5.49. The van der Waals surface area contributed by atoms with E-state index >= 15 is 0 Å². The number of aliphatic hydroxyl groups is 2. The molecule has 2 unspecified atom stereocenters. The van der Waals surface area contributed by atoms with Gasteiger partial charge in [0.25, 0.3) is 0 Å². The van der Waals surface area contributed by atoms with Crippen molar-refractivity contribution >= 4 is 5.91 Å². The van der Waals surface area contributed by atoms with Crippen molar-refractivity contribution in [2.75, 3.05) is 13.2 Å². The number of nitrogens with one attached hydrogen (secondary N) is 1. The normalized spacial score (nSPS) is 15.8. The molecule has 0 saturated heterocycles. The average molecular weight is 252 g/mol. The Labute approximate surface area is 107 Å². The standard InChI is InChI=1S/C13H20N2O3/c1-13(18,9-16)8-15-12(17)7-11(14)10-5-3-2-4-6-10/h2-6,11,16,18H,7-9,14H2,1H3,(H,15,17). The van der Waals surface area contributed by atoms with Gasteiger partial charge in [-0.15, -0.1) is 0 Å². The summed E-state index contributed by atoms with van der Waals surface area (Å²) in [6.45, 7) is 1.05. The van der Waals surface area contributed by atoms with Gasteiger partial charge in [0.1, 0.15) is 5.60 Å². The van der Waals surface area contributed by atoms with Gasteiger partial charge in [0.15, 0.2) is 0 Å². The van der Waals surface area contributed by atoms with Gasteiger partial charge in [-0.05, 0) is 12.5 Å². The Morgan fingerprint density at radius 3 is 2.61 bits per heavy atom. The SMILES string of the molecule is CC(O)(CO)CNC(=O)CC(N)c1ccccc1. The Hall–Kier alpha value is -1.43. The number of aliphatic hydroxyl groups excluding tert-OH is 1. The van der Waals surface area contributed by atoms with Crippen LogP contribution in [0.1, 0.15) is 24.9 Å². The second kappa shape index (κ2) is 6.49. The maximum atomic E-state index is 11.6. The third kappa shape index (κ3) is 4.83. The molecular weight excluding hydrogens is 232 g/mol. The highest BCUT2D eigenvalue weighted by molar-refractivity contribution is 5.76. The maximum absolute atomic E-state index is 11.6. The Bertz CT molecular complexity index is 379. The number of amides is 1. The van der Waals surface area contributed by atoms with E-state index in [9.17, 15) is 9.90 Å². The van der Waals surface area contributed by atoms with Gasteiger partial charge in [-0.25, -0.2) is 0 Å². The van der Waals surface area contributed by atoms with E-state index in [1.54, 1.807) is 0 Å². The van der Waals surface area contributed by atoms with Crippen molar-refractivity contribution in [1.29, 1.82) is 0 Å². The number of nitrogens with two attached hydrogens (primary N) is 1. The lowest BCUT2D eigenvalue weighted by Gasteiger charge is -2.21. The molecule has 100 valence electrons. The number of benzene rings is 1. The largest absolute Gasteiger partial charge is 0.393 e. The fraction of sp³-hybridized carbons (Fsp3) is 0.462. The van der Waals surface area contributed by atoms with Crippen LogP contribution in [0.4, 0.5) is 0 Å². The van der Waals surface area contributed by atoms with Crippen molar-refractivity contribution in [3.8, 4) is 0 Å². The molecule has 0 aliphatic carbocycles. The van der Waals surface area contributed by atoms with Crippen LogP contribution in [-0.4, -0.2) is 34.9 Å². The minimum atomic E-state index is -1.30. The molecule has 1 aromatic rings. The predicted molar refractivity (Wildman–Crippen MR) is 68.7 cm³/mol. The molecule has 0 bridgehead atoms. The monoisotopic (exact) mass is 252 g/mol. The Balaban J connectivity index is 2.41. The van der Waals surface area contributed by atoms with E-state index in [1.165, 1.54) is 6.92 Å². The zero-order valence-corrected chi connectivity index (χ0v) is 10.5. The van der Waals surface area contributed by atoms with Crippen LogP contribution in [0.2, 0.25) is 0 Å². The third-order valence-corrected chi connectivity index (χ3v) is 2.64. The van der Waals surface area contributed by atoms with Crippen LogP contribution in [0.3, 0.4) is 0 Å². The van der Waals surface area contributed by atoms with Gasteiger partial charge < -0.3 is 21.3 Å². The van der Waals surface area contributed by atoms with E-state index < -0.39 is 12.2 Å². The number of carbonyl (C=O) groups is 1. The molecule has 0 aliphatic rings. The highest BCUT2D eigenvalue weighted by atomic mass is 16.3. The summed E-state index contributed by atoms with van der Waals surface area (Å²) in [4.78, 5) is 11.6. The Kier molecular flexibility index (Phi) is 5.27. The van der Waals surface area contributed by atoms with E-state index in [-0.39, 0.29) is 24.9 Å². The van der Waals surface area contributed by atoms with Gasteiger partial charge in [0.2, 0.25) is 5.91 Å². The minimum Gasteiger partial charge on any atom is -0.393 e. The summed E-state index contributed by atoms with van der Waals surface area (Å²) in [7, 11) is 0. The molecule has 1 rings (SSSR count). The van der Waals surface area contributed by atoms with Gasteiger partial charge in [0.05, 0.1) is 6.61 Å². The fourth-order valence-corrected chi connectivity index (χ4v) is 1.43. The van der Waals surface area contributed by atoms with E-state index in [0.29, 0.717) is 0 Å². The van der Waals surface area contributed by atoms with Gasteiger partial charge in [-0.1, -0.05) is 30.3 Å². The van der Waals surface area contributed by atoms with Gasteiger partial charge in [0, 0.05) is 19.0 Å². The summed E-state index contributed by atoms with van der Waals surface area (Å²) in [6.07, 6.45) is 0.144. The predicted octanol–water partition coefficient (Wildman–Crippen LogP) is -0.0640. The first-order chi connectivity index (χ1) is 8.44. The molecule has 0 aromatic heterocycles.